The van der Waals surface area contributed by atoms with E-state index in [1.165, 1.54) is 0 Å². The zero-order chi connectivity index (χ0) is 10.2. The summed E-state index contributed by atoms with van der Waals surface area (Å²) in [6.07, 6.45) is 0.763. The summed E-state index contributed by atoms with van der Waals surface area (Å²) in [4.78, 5) is 20.1. The fourth-order valence-electron chi connectivity index (χ4n) is 0.898. The predicted molar refractivity (Wildman–Crippen MR) is 49.3 cm³/mol. The molecule has 74 valence electrons. The van der Waals surface area contributed by atoms with Crippen LogP contribution in [0.3, 0.4) is 0 Å². The molecule has 0 aromatic heterocycles. The second-order valence-electron chi connectivity index (χ2n) is 2.50. The molecule has 0 aliphatic heterocycles. The quantitative estimate of drug-likeness (QED) is 0.501. The lowest BCUT2D eigenvalue weighted by atomic mass is 10.2. The molecule has 4 nitrogen and oxygen atoms in total. The van der Waals surface area contributed by atoms with Gasteiger partial charge in [0.1, 0.15) is 25.2 Å². The Morgan fingerprint density at radius 3 is 2.36 bits per heavy atom. The fourth-order valence-corrected chi connectivity index (χ4v) is 0.898. The van der Waals surface area contributed by atoms with Crippen molar-refractivity contribution in [1.82, 2.24) is 0 Å². The van der Waals surface area contributed by atoms with E-state index in [9.17, 15) is 9.59 Å². The summed E-state index contributed by atoms with van der Waals surface area (Å²) in [6, 6.07) is 6.68. The van der Waals surface area contributed by atoms with Gasteiger partial charge >= 0.3 is 0 Å². The lowest BCUT2D eigenvalue weighted by Gasteiger charge is -2.04. The summed E-state index contributed by atoms with van der Waals surface area (Å²) >= 11 is 0. The molecular formula is C10H10O4. The number of aldehydes is 1. The van der Waals surface area contributed by atoms with Crippen molar-refractivity contribution in [3.8, 4) is 5.75 Å². The molecule has 0 N–H and O–H groups in total. The van der Waals surface area contributed by atoms with Gasteiger partial charge in [-0.2, -0.15) is 0 Å². The molecule has 0 aliphatic carbocycles. The molecule has 0 spiro atoms. The molecule has 0 aliphatic rings. The number of carbonyl (C=O) groups excluding carboxylic acids is 2. The average molecular weight is 194 g/mol. The van der Waals surface area contributed by atoms with Gasteiger partial charge in [0, 0.05) is 5.56 Å². The minimum Gasteiger partial charge on any atom is -0.490 e. The van der Waals surface area contributed by atoms with Gasteiger partial charge < -0.3 is 9.47 Å². The molecule has 0 unspecified atom stereocenters. The Bertz CT molecular complexity index is 291. The third kappa shape index (κ3) is 3.26. The predicted octanol–water partition coefficient (Wildman–Crippen LogP) is 1.05. The summed E-state index contributed by atoms with van der Waals surface area (Å²) in [6.45, 7) is 0.900. The van der Waals surface area contributed by atoms with Crippen molar-refractivity contribution in [3.63, 3.8) is 0 Å². The Labute approximate surface area is 81.4 Å². The molecule has 0 heterocycles. The Hall–Kier alpha value is -1.84. The van der Waals surface area contributed by atoms with Gasteiger partial charge in [-0.05, 0) is 24.3 Å². The second kappa shape index (κ2) is 5.75. The van der Waals surface area contributed by atoms with Crippen LogP contribution in [0.25, 0.3) is 0 Å². The minimum atomic E-state index is 0.221. The van der Waals surface area contributed by atoms with Gasteiger partial charge in [-0.25, -0.2) is 0 Å². The molecule has 0 atom stereocenters. The topological polar surface area (TPSA) is 52.6 Å². The summed E-state index contributed by atoms with van der Waals surface area (Å²) < 4.78 is 9.65. The van der Waals surface area contributed by atoms with E-state index >= 15 is 0 Å². The van der Waals surface area contributed by atoms with Crippen molar-refractivity contribution in [3.05, 3.63) is 29.8 Å². The van der Waals surface area contributed by atoms with Gasteiger partial charge in [0.25, 0.3) is 6.47 Å². The highest BCUT2D eigenvalue weighted by molar-refractivity contribution is 5.74. The first kappa shape index (κ1) is 10.2. The van der Waals surface area contributed by atoms with Crippen LogP contribution in [0.2, 0.25) is 0 Å². The molecule has 0 bridgehead atoms. The molecule has 0 saturated carbocycles. The number of carbonyl (C=O) groups is 2. The smallest absolute Gasteiger partial charge is 0.293 e. The van der Waals surface area contributed by atoms with Gasteiger partial charge in [0.05, 0.1) is 0 Å². The van der Waals surface area contributed by atoms with E-state index in [0.717, 1.165) is 6.29 Å². The normalized spacial score (nSPS) is 9.14. The van der Waals surface area contributed by atoms with Crippen LogP contribution in [0.5, 0.6) is 5.75 Å². The lowest BCUT2D eigenvalue weighted by molar-refractivity contribution is -0.129. The van der Waals surface area contributed by atoms with Crippen LogP contribution in [-0.2, 0) is 9.53 Å². The number of rotatable bonds is 6. The van der Waals surface area contributed by atoms with Crippen LogP contribution in [0.1, 0.15) is 10.4 Å². The van der Waals surface area contributed by atoms with Gasteiger partial charge in [-0.3, -0.25) is 9.59 Å². The van der Waals surface area contributed by atoms with E-state index in [-0.39, 0.29) is 6.61 Å². The van der Waals surface area contributed by atoms with Crippen LogP contribution < -0.4 is 4.74 Å². The second-order valence-corrected chi connectivity index (χ2v) is 2.50. The summed E-state index contributed by atoms with van der Waals surface area (Å²) in [5, 5.41) is 0. The van der Waals surface area contributed by atoms with Crippen molar-refractivity contribution in [2.45, 2.75) is 0 Å². The Morgan fingerprint density at radius 2 is 1.79 bits per heavy atom. The standard InChI is InChI=1S/C10H10O4/c11-7-9-1-3-10(4-2-9)14-6-5-13-8-12/h1-4,7-8H,5-6H2. The van der Waals surface area contributed by atoms with Gasteiger partial charge in [0.15, 0.2) is 0 Å². The van der Waals surface area contributed by atoms with Crippen LogP contribution in [0.15, 0.2) is 24.3 Å². The molecule has 14 heavy (non-hydrogen) atoms. The van der Waals surface area contributed by atoms with Gasteiger partial charge in [-0.15, -0.1) is 0 Å². The van der Waals surface area contributed by atoms with Crippen molar-refractivity contribution >= 4 is 12.8 Å². The first-order valence-electron chi connectivity index (χ1n) is 4.10. The maximum absolute atomic E-state index is 10.3. The van der Waals surface area contributed by atoms with E-state index in [0.29, 0.717) is 24.4 Å². The van der Waals surface area contributed by atoms with Crippen molar-refractivity contribution in [1.29, 1.82) is 0 Å². The molecule has 0 fully saturated rings. The van der Waals surface area contributed by atoms with Crippen molar-refractivity contribution in [2.75, 3.05) is 13.2 Å². The maximum atomic E-state index is 10.3. The molecule has 0 radical (unpaired) electrons. The maximum Gasteiger partial charge on any atom is 0.293 e. The summed E-state index contributed by atoms with van der Waals surface area (Å²) in [7, 11) is 0. The SMILES string of the molecule is O=COCCOc1ccc(C=O)cc1. The van der Waals surface area contributed by atoms with E-state index in [4.69, 9.17) is 4.74 Å². The number of ether oxygens (including phenoxy) is 2. The average Bonchev–Trinajstić information content (AvgIpc) is 2.25. The first-order chi connectivity index (χ1) is 6.86. The van der Waals surface area contributed by atoms with Crippen LogP contribution in [0, 0.1) is 0 Å². The third-order valence-electron chi connectivity index (χ3n) is 1.55. The summed E-state index contributed by atoms with van der Waals surface area (Å²) in [5.74, 6) is 0.644. The number of benzene rings is 1. The van der Waals surface area contributed by atoms with Crippen molar-refractivity contribution in [2.24, 2.45) is 0 Å². The fraction of sp³-hybridized carbons (Fsp3) is 0.200. The zero-order valence-electron chi connectivity index (χ0n) is 7.51. The van der Waals surface area contributed by atoms with Gasteiger partial charge in [0.2, 0.25) is 0 Å². The molecule has 1 rings (SSSR count). The molecular weight excluding hydrogens is 184 g/mol. The Balaban J connectivity index is 2.36. The van der Waals surface area contributed by atoms with E-state index < -0.39 is 0 Å². The van der Waals surface area contributed by atoms with E-state index in [1.54, 1.807) is 24.3 Å². The number of hydrogen-bond acceptors (Lipinski definition) is 4. The highest BCUT2D eigenvalue weighted by Crippen LogP contribution is 2.10. The zero-order valence-corrected chi connectivity index (χ0v) is 7.51. The van der Waals surface area contributed by atoms with Gasteiger partial charge in [-0.1, -0.05) is 0 Å². The van der Waals surface area contributed by atoms with Crippen LogP contribution >= 0.6 is 0 Å². The third-order valence-corrected chi connectivity index (χ3v) is 1.55. The Morgan fingerprint density at radius 1 is 1.07 bits per heavy atom. The van der Waals surface area contributed by atoms with E-state index in [2.05, 4.69) is 4.74 Å². The molecule has 4 heteroatoms. The lowest BCUT2D eigenvalue weighted by Crippen LogP contribution is -2.05. The molecule has 0 amide bonds. The number of hydrogen-bond donors (Lipinski definition) is 0. The Kier molecular flexibility index (Phi) is 4.20. The van der Waals surface area contributed by atoms with E-state index in [1.807, 2.05) is 0 Å². The highest BCUT2D eigenvalue weighted by atomic mass is 16.5. The summed E-state index contributed by atoms with van der Waals surface area (Å²) in [5.41, 5.74) is 0.599. The molecule has 1 aromatic carbocycles. The first-order valence-corrected chi connectivity index (χ1v) is 4.10. The highest BCUT2D eigenvalue weighted by Gasteiger charge is 1.94. The molecule has 1 aromatic rings. The minimum absolute atomic E-state index is 0.221. The largest absolute Gasteiger partial charge is 0.490 e. The van der Waals surface area contributed by atoms with Crippen LogP contribution in [-0.4, -0.2) is 26.0 Å². The van der Waals surface area contributed by atoms with Crippen molar-refractivity contribution < 1.29 is 19.1 Å². The monoisotopic (exact) mass is 194 g/mol. The van der Waals surface area contributed by atoms with Crippen LogP contribution in [0.4, 0.5) is 0 Å². The molecule has 0 saturated heterocycles.